The zero-order valence-electron chi connectivity index (χ0n) is 11.9. The topological polar surface area (TPSA) is 24.9 Å². The van der Waals surface area contributed by atoms with E-state index in [-0.39, 0.29) is 0 Å². The molecule has 2 heteroatoms. The summed E-state index contributed by atoms with van der Waals surface area (Å²) < 4.78 is 0. The van der Waals surface area contributed by atoms with Crippen LogP contribution in [0.2, 0.25) is 0 Å². The fourth-order valence-electron chi connectivity index (χ4n) is 2.20. The molecule has 0 saturated heterocycles. The predicted molar refractivity (Wildman–Crippen MR) is 74.2 cm³/mol. The Labute approximate surface area is 106 Å². The fourth-order valence-corrected chi connectivity index (χ4v) is 2.20. The first-order valence-corrected chi connectivity index (χ1v) is 6.75. The van der Waals surface area contributed by atoms with E-state index in [1.807, 2.05) is 6.20 Å². The molecule has 96 valence electrons. The molecule has 2 unspecified atom stereocenters. The summed E-state index contributed by atoms with van der Waals surface area (Å²) in [5, 5.41) is 3.56. The van der Waals surface area contributed by atoms with E-state index in [2.05, 4.69) is 51.0 Å². The van der Waals surface area contributed by atoms with Gasteiger partial charge in [0.1, 0.15) is 0 Å². The molecule has 17 heavy (non-hydrogen) atoms. The fraction of sp³-hybridized carbons (Fsp3) is 0.667. The highest BCUT2D eigenvalue weighted by molar-refractivity contribution is 5.25. The SMILES string of the molecule is CCNC(CC(C)CC)c1ncc(C)cc1C. The second-order valence-electron chi connectivity index (χ2n) is 5.07. The number of hydrogen-bond acceptors (Lipinski definition) is 2. The average Bonchev–Trinajstić information content (AvgIpc) is 2.28. The summed E-state index contributed by atoms with van der Waals surface area (Å²) in [6.07, 6.45) is 4.37. The van der Waals surface area contributed by atoms with Crippen molar-refractivity contribution in [2.24, 2.45) is 5.92 Å². The summed E-state index contributed by atoms with van der Waals surface area (Å²) in [6, 6.07) is 2.62. The molecule has 0 aliphatic carbocycles. The maximum atomic E-state index is 4.62. The van der Waals surface area contributed by atoms with Crippen LogP contribution in [0.25, 0.3) is 0 Å². The first-order chi connectivity index (χ1) is 8.08. The van der Waals surface area contributed by atoms with Crippen LogP contribution in [-0.4, -0.2) is 11.5 Å². The predicted octanol–water partition coefficient (Wildman–Crippen LogP) is 3.79. The van der Waals surface area contributed by atoms with Crippen LogP contribution in [0.4, 0.5) is 0 Å². The summed E-state index contributed by atoms with van der Waals surface area (Å²) in [6.45, 7) is 12.0. The van der Waals surface area contributed by atoms with Gasteiger partial charge in [-0.15, -0.1) is 0 Å². The highest BCUT2D eigenvalue weighted by Gasteiger charge is 2.16. The van der Waals surface area contributed by atoms with E-state index < -0.39 is 0 Å². The number of pyridine rings is 1. The minimum absolute atomic E-state index is 0.399. The molecule has 2 nitrogen and oxygen atoms in total. The number of nitrogens with one attached hydrogen (secondary N) is 1. The Bertz CT molecular complexity index is 347. The Balaban J connectivity index is 2.88. The van der Waals surface area contributed by atoms with Crippen LogP contribution in [0, 0.1) is 19.8 Å². The maximum Gasteiger partial charge on any atom is 0.0602 e. The molecule has 1 aromatic rings. The third kappa shape index (κ3) is 4.12. The van der Waals surface area contributed by atoms with Gasteiger partial charge in [0.05, 0.1) is 5.69 Å². The molecule has 0 bridgehead atoms. The van der Waals surface area contributed by atoms with Gasteiger partial charge in [-0.05, 0) is 43.9 Å². The van der Waals surface area contributed by atoms with Gasteiger partial charge in [0, 0.05) is 12.2 Å². The van der Waals surface area contributed by atoms with E-state index in [1.54, 1.807) is 0 Å². The maximum absolute atomic E-state index is 4.62. The second-order valence-corrected chi connectivity index (χ2v) is 5.07. The van der Waals surface area contributed by atoms with E-state index in [1.165, 1.54) is 29.7 Å². The van der Waals surface area contributed by atoms with Crippen LogP contribution >= 0.6 is 0 Å². The molecular formula is C15H26N2. The van der Waals surface area contributed by atoms with Crippen molar-refractivity contribution >= 4 is 0 Å². The van der Waals surface area contributed by atoms with Crippen LogP contribution < -0.4 is 5.32 Å². The molecule has 1 heterocycles. The lowest BCUT2D eigenvalue weighted by Crippen LogP contribution is -2.24. The third-order valence-corrected chi connectivity index (χ3v) is 3.37. The summed E-state index contributed by atoms with van der Waals surface area (Å²) in [5.41, 5.74) is 3.77. The van der Waals surface area contributed by atoms with Gasteiger partial charge in [0.25, 0.3) is 0 Å². The Morgan fingerprint density at radius 2 is 2.00 bits per heavy atom. The Morgan fingerprint density at radius 1 is 1.29 bits per heavy atom. The van der Waals surface area contributed by atoms with Gasteiger partial charge in [-0.2, -0.15) is 0 Å². The summed E-state index contributed by atoms with van der Waals surface area (Å²) in [4.78, 5) is 4.62. The van der Waals surface area contributed by atoms with Crippen molar-refractivity contribution in [1.29, 1.82) is 0 Å². The Hall–Kier alpha value is -0.890. The van der Waals surface area contributed by atoms with Crippen LogP contribution in [0.1, 0.15) is 56.5 Å². The van der Waals surface area contributed by atoms with Gasteiger partial charge in [-0.3, -0.25) is 4.98 Å². The van der Waals surface area contributed by atoms with E-state index in [9.17, 15) is 0 Å². The largest absolute Gasteiger partial charge is 0.309 e. The molecule has 0 aliphatic heterocycles. The molecule has 0 aliphatic rings. The van der Waals surface area contributed by atoms with Gasteiger partial charge < -0.3 is 5.32 Å². The summed E-state index contributed by atoms with van der Waals surface area (Å²) in [5.74, 6) is 0.738. The first-order valence-electron chi connectivity index (χ1n) is 6.75. The monoisotopic (exact) mass is 234 g/mol. The molecule has 0 aromatic carbocycles. The van der Waals surface area contributed by atoms with Crippen molar-refractivity contribution in [2.45, 2.75) is 53.5 Å². The zero-order chi connectivity index (χ0) is 12.8. The highest BCUT2D eigenvalue weighted by Crippen LogP contribution is 2.24. The molecule has 0 spiro atoms. The highest BCUT2D eigenvalue weighted by atomic mass is 14.9. The molecule has 0 saturated carbocycles. The lowest BCUT2D eigenvalue weighted by Gasteiger charge is -2.22. The number of aryl methyl sites for hydroxylation is 2. The molecule has 1 rings (SSSR count). The van der Waals surface area contributed by atoms with Gasteiger partial charge in [-0.25, -0.2) is 0 Å². The van der Waals surface area contributed by atoms with Crippen LogP contribution in [0.15, 0.2) is 12.3 Å². The number of nitrogens with zero attached hydrogens (tertiary/aromatic N) is 1. The molecule has 0 amide bonds. The zero-order valence-corrected chi connectivity index (χ0v) is 11.9. The van der Waals surface area contributed by atoms with Crippen molar-refractivity contribution in [3.63, 3.8) is 0 Å². The van der Waals surface area contributed by atoms with Gasteiger partial charge in [0.15, 0.2) is 0 Å². The smallest absolute Gasteiger partial charge is 0.0602 e. The van der Waals surface area contributed by atoms with Crippen molar-refractivity contribution < 1.29 is 0 Å². The van der Waals surface area contributed by atoms with Crippen molar-refractivity contribution in [2.75, 3.05) is 6.54 Å². The molecule has 0 radical (unpaired) electrons. The Kier molecular flexibility index (Phi) is 5.63. The molecule has 1 aromatic heterocycles. The number of hydrogen-bond donors (Lipinski definition) is 1. The quantitative estimate of drug-likeness (QED) is 0.810. The lowest BCUT2D eigenvalue weighted by molar-refractivity contribution is 0.401. The van der Waals surface area contributed by atoms with E-state index in [0.717, 1.165) is 12.5 Å². The van der Waals surface area contributed by atoms with Crippen LogP contribution in [0.3, 0.4) is 0 Å². The van der Waals surface area contributed by atoms with Crippen molar-refractivity contribution in [3.8, 4) is 0 Å². The first kappa shape index (κ1) is 14.2. The third-order valence-electron chi connectivity index (χ3n) is 3.37. The normalized spacial score (nSPS) is 14.6. The summed E-state index contributed by atoms with van der Waals surface area (Å²) in [7, 11) is 0. The molecule has 1 N–H and O–H groups in total. The van der Waals surface area contributed by atoms with E-state index in [0.29, 0.717) is 6.04 Å². The van der Waals surface area contributed by atoms with Gasteiger partial charge in [-0.1, -0.05) is 33.3 Å². The molecule has 0 fully saturated rings. The van der Waals surface area contributed by atoms with Crippen molar-refractivity contribution in [1.82, 2.24) is 10.3 Å². The minimum Gasteiger partial charge on any atom is -0.309 e. The Morgan fingerprint density at radius 3 is 2.53 bits per heavy atom. The standard InChI is InChI=1S/C15H26N2/c1-6-11(3)9-14(16-7-2)15-13(5)8-12(4)10-17-15/h8,10-11,14,16H,6-7,9H2,1-5H3. The van der Waals surface area contributed by atoms with Crippen LogP contribution in [0.5, 0.6) is 0 Å². The number of aromatic nitrogens is 1. The average molecular weight is 234 g/mol. The minimum atomic E-state index is 0.399. The van der Waals surface area contributed by atoms with E-state index >= 15 is 0 Å². The van der Waals surface area contributed by atoms with Gasteiger partial charge in [0.2, 0.25) is 0 Å². The summed E-state index contributed by atoms with van der Waals surface area (Å²) >= 11 is 0. The van der Waals surface area contributed by atoms with Crippen molar-refractivity contribution in [3.05, 3.63) is 29.1 Å². The number of rotatable bonds is 6. The molecular weight excluding hydrogens is 208 g/mol. The van der Waals surface area contributed by atoms with E-state index in [4.69, 9.17) is 0 Å². The van der Waals surface area contributed by atoms with Gasteiger partial charge >= 0.3 is 0 Å². The van der Waals surface area contributed by atoms with Crippen LogP contribution in [-0.2, 0) is 0 Å². The lowest BCUT2D eigenvalue weighted by atomic mass is 9.95. The molecule has 2 atom stereocenters. The second kappa shape index (κ2) is 6.75.